The van der Waals surface area contributed by atoms with Crippen molar-refractivity contribution in [1.29, 1.82) is 0 Å². The Morgan fingerprint density at radius 2 is 1.80 bits per heavy atom. The van der Waals surface area contributed by atoms with E-state index in [1.165, 1.54) is 5.56 Å². The fraction of sp³-hybridized carbons (Fsp3) is 0.714. The molecule has 2 fully saturated rings. The van der Waals surface area contributed by atoms with Gasteiger partial charge in [-0.05, 0) is 45.1 Å². The monoisotopic (exact) mass is 346 g/mol. The summed E-state index contributed by atoms with van der Waals surface area (Å²) < 4.78 is 5.95. The third kappa shape index (κ3) is 4.82. The van der Waals surface area contributed by atoms with Crippen LogP contribution in [-0.4, -0.2) is 72.0 Å². The molecular formula is C21H34N2O2. The van der Waals surface area contributed by atoms with Crippen LogP contribution in [0.2, 0.25) is 0 Å². The van der Waals surface area contributed by atoms with Crippen molar-refractivity contribution in [3.63, 3.8) is 0 Å². The van der Waals surface area contributed by atoms with Crippen molar-refractivity contribution < 1.29 is 9.84 Å². The number of benzene rings is 1. The summed E-state index contributed by atoms with van der Waals surface area (Å²) in [7, 11) is 0. The van der Waals surface area contributed by atoms with Crippen molar-refractivity contribution in [2.75, 3.05) is 45.9 Å². The van der Waals surface area contributed by atoms with Gasteiger partial charge in [-0.3, -0.25) is 4.90 Å². The molecule has 2 heterocycles. The molecule has 0 saturated carbocycles. The lowest BCUT2D eigenvalue weighted by Gasteiger charge is -2.53. The van der Waals surface area contributed by atoms with Crippen LogP contribution in [0.15, 0.2) is 30.3 Å². The van der Waals surface area contributed by atoms with E-state index in [1.807, 2.05) is 0 Å². The van der Waals surface area contributed by atoms with E-state index in [2.05, 4.69) is 54.0 Å². The number of hydrogen-bond acceptors (Lipinski definition) is 4. The molecule has 1 aromatic rings. The first-order valence-corrected chi connectivity index (χ1v) is 9.79. The number of piperazine rings is 1. The predicted octanol–water partition coefficient (Wildman–Crippen LogP) is 2.56. The number of rotatable bonds is 6. The maximum Gasteiger partial charge on any atom is 0.0644 e. The van der Waals surface area contributed by atoms with Gasteiger partial charge in [-0.2, -0.15) is 0 Å². The van der Waals surface area contributed by atoms with Crippen LogP contribution in [-0.2, 0) is 11.2 Å². The Kier molecular flexibility index (Phi) is 6.16. The summed E-state index contributed by atoms with van der Waals surface area (Å²) in [5.41, 5.74) is 1.45. The Hall–Kier alpha value is -0.940. The van der Waals surface area contributed by atoms with E-state index in [9.17, 15) is 5.11 Å². The Morgan fingerprint density at radius 3 is 2.44 bits per heavy atom. The second-order valence-electron chi connectivity index (χ2n) is 8.30. The van der Waals surface area contributed by atoms with Gasteiger partial charge in [0.2, 0.25) is 0 Å². The lowest BCUT2D eigenvalue weighted by molar-refractivity contribution is -0.132. The van der Waals surface area contributed by atoms with Crippen LogP contribution < -0.4 is 0 Å². The van der Waals surface area contributed by atoms with Crippen LogP contribution in [0.3, 0.4) is 0 Å². The molecule has 0 aliphatic carbocycles. The maximum absolute atomic E-state index is 9.67. The standard InChI is InChI=1S/C21H34N2O2/c1-20(2)18-21(9-16-24,10-17-25-20)23-14-12-22(13-15-23)11-8-19-6-4-3-5-7-19/h3-7,24H,8-18H2,1-2H3. The summed E-state index contributed by atoms with van der Waals surface area (Å²) in [4.78, 5) is 5.23. The average molecular weight is 347 g/mol. The van der Waals surface area contributed by atoms with Gasteiger partial charge in [0, 0.05) is 51.5 Å². The molecule has 3 rings (SSSR count). The summed E-state index contributed by atoms with van der Waals surface area (Å²) >= 11 is 0. The van der Waals surface area contributed by atoms with Gasteiger partial charge in [0.05, 0.1) is 5.60 Å². The third-order valence-corrected chi connectivity index (χ3v) is 5.99. The second kappa shape index (κ2) is 8.17. The number of ether oxygens (including phenoxy) is 1. The van der Waals surface area contributed by atoms with E-state index in [-0.39, 0.29) is 17.7 Å². The quantitative estimate of drug-likeness (QED) is 0.859. The molecule has 4 nitrogen and oxygen atoms in total. The molecule has 1 atom stereocenters. The fourth-order valence-electron chi connectivity index (χ4n) is 4.68. The first-order chi connectivity index (χ1) is 12.0. The van der Waals surface area contributed by atoms with Crippen molar-refractivity contribution in [2.24, 2.45) is 0 Å². The minimum atomic E-state index is -0.0855. The van der Waals surface area contributed by atoms with Gasteiger partial charge in [-0.25, -0.2) is 0 Å². The first-order valence-electron chi connectivity index (χ1n) is 9.79. The molecule has 1 aromatic carbocycles. The number of aliphatic hydroxyl groups excluding tert-OH is 1. The maximum atomic E-state index is 9.67. The molecule has 1 unspecified atom stereocenters. The van der Waals surface area contributed by atoms with Gasteiger partial charge in [0.1, 0.15) is 0 Å². The smallest absolute Gasteiger partial charge is 0.0644 e. The van der Waals surface area contributed by atoms with E-state index < -0.39 is 0 Å². The molecular weight excluding hydrogens is 312 g/mol. The zero-order valence-electron chi connectivity index (χ0n) is 15.9. The van der Waals surface area contributed by atoms with Crippen LogP contribution in [0, 0.1) is 0 Å². The molecule has 0 spiro atoms. The topological polar surface area (TPSA) is 35.9 Å². The molecule has 0 amide bonds. The molecule has 4 heteroatoms. The van der Waals surface area contributed by atoms with Crippen LogP contribution >= 0.6 is 0 Å². The highest BCUT2D eigenvalue weighted by molar-refractivity contribution is 5.15. The van der Waals surface area contributed by atoms with E-state index in [4.69, 9.17) is 4.74 Å². The number of hydrogen-bond donors (Lipinski definition) is 1. The summed E-state index contributed by atoms with van der Waals surface area (Å²) in [5.74, 6) is 0. The zero-order valence-corrected chi connectivity index (χ0v) is 15.9. The minimum Gasteiger partial charge on any atom is -0.396 e. The lowest BCUT2D eigenvalue weighted by Crippen LogP contribution is -2.62. The molecule has 0 aromatic heterocycles. The van der Waals surface area contributed by atoms with Gasteiger partial charge in [-0.15, -0.1) is 0 Å². The van der Waals surface area contributed by atoms with Gasteiger partial charge < -0.3 is 14.7 Å². The molecule has 0 radical (unpaired) electrons. The van der Waals surface area contributed by atoms with Gasteiger partial charge in [-0.1, -0.05) is 30.3 Å². The van der Waals surface area contributed by atoms with E-state index >= 15 is 0 Å². The van der Waals surface area contributed by atoms with Crippen LogP contribution in [0.5, 0.6) is 0 Å². The highest BCUT2D eigenvalue weighted by atomic mass is 16.5. The van der Waals surface area contributed by atoms with Gasteiger partial charge in [0.25, 0.3) is 0 Å². The lowest BCUT2D eigenvalue weighted by atomic mass is 9.77. The molecule has 2 aliphatic rings. The van der Waals surface area contributed by atoms with Crippen molar-refractivity contribution >= 4 is 0 Å². The average Bonchev–Trinajstić information content (AvgIpc) is 2.61. The van der Waals surface area contributed by atoms with Crippen LogP contribution in [0.25, 0.3) is 0 Å². The Balaban J connectivity index is 1.54. The minimum absolute atomic E-state index is 0.0855. The molecule has 140 valence electrons. The summed E-state index contributed by atoms with van der Waals surface area (Å²) in [6.07, 6.45) is 4.05. The Bertz CT molecular complexity index is 522. The van der Waals surface area contributed by atoms with Crippen LogP contribution in [0.1, 0.15) is 38.7 Å². The van der Waals surface area contributed by atoms with Gasteiger partial charge in [0.15, 0.2) is 0 Å². The molecule has 1 N–H and O–H groups in total. The van der Waals surface area contributed by atoms with Gasteiger partial charge >= 0.3 is 0 Å². The third-order valence-electron chi connectivity index (χ3n) is 5.99. The Labute approximate surface area is 152 Å². The number of aliphatic hydroxyl groups is 1. The normalized spacial score (nSPS) is 28.1. The summed E-state index contributed by atoms with van der Waals surface area (Å²) in [6, 6.07) is 10.8. The Morgan fingerprint density at radius 1 is 1.08 bits per heavy atom. The van der Waals surface area contributed by atoms with Crippen LogP contribution in [0.4, 0.5) is 0 Å². The highest BCUT2D eigenvalue weighted by Gasteiger charge is 2.45. The summed E-state index contributed by atoms with van der Waals surface area (Å²) in [6.45, 7) is 11.0. The van der Waals surface area contributed by atoms with E-state index in [0.29, 0.717) is 0 Å². The molecule has 2 aliphatic heterocycles. The number of nitrogens with zero attached hydrogens (tertiary/aromatic N) is 2. The zero-order chi connectivity index (χ0) is 17.8. The van der Waals surface area contributed by atoms with E-state index in [0.717, 1.165) is 65.0 Å². The van der Waals surface area contributed by atoms with Crippen molar-refractivity contribution in [3.05, 3.63) is 35.9 Å². The van der Waals surface area contributed by atoms with Crippen molar-refractivity contribution in [2.45, 2.75) is 50.7 Å². The molecule has 0 bridgehead atoms. The largest absolute Gasteiger partial charge is 0.396 e. The molecule has 2 saturated heterocycles. The van der Waals surface area contributed by atoms with Crippen molar-refractivity contribution in [3.8, 4) is 0 Å². The fourth-order valence-corrected chi connectivity index (χ4v) is 4.68. The van der Waals surface area contributed by atoms with E-state index in [1.54, 1.807) is 0 Å². The SMILES string of the molecule is CC1(C)CC(CCO)(N2CCN(CCc3ccccc3)CC2)CCO1. The highest BCUT2D eigenvalue weighted by Crippen LogP contribution is 2.39. The summed E-state index contributed by atoms with van der Waals surface area (Å²) in [5, 5.41) is 9.67. The first kappa shape index (κ1) is 18.8. The second-order valence-corrected chi connectivity index (χ2v) is 8.30. The van der Waals surface area contributed by atoms with Crippen molar-refractivity contribution in [1.82, 2.24) is 9.80 Å². The molecule has 25 heavy (non-hydrogen) atoms. The predicted molar refractivity (Wildman–Crippen MR) is 102 cm³/mol.